The number of carbonyl (C=O) groups excluding carboxylic acids is 1. The lowest BCUT2D eigenvalue weighted by Gasteiger charge is -2.15. The number of amides is 1. The van der Waals surface area contributed by atoms with E-state index in [2.05, 4.69) is 15.2 Å². The molecule has 0 spiro atoms. The molecule has 4 rings (SSSR count). The molecule has 6 nitrogen and oxygen atoms in total. The van der Waals surface area contributed by atoms with Crippen molar-refractivity contribution in [1.82, 2.24) is 24.6 Å². The lowest BCUT2D eigenvalue weighted by atomic mass is 10.2. The summed E-state index contributed by atoms with van der Waals surface area (Å²) in [5, 5.41) is 9.90. The first-order valence-electron chi connectivity index (χ1n) is 8.75. The molecule has 0 saturated carbocycles. The number of hydrogen-bond donors (Lipinski definition) is 0. The van der Waals surface area contributed by atoms with Gasteiger partial charge in [0.1, 0.15) is 0 Å². The number of aromatic nitrogens is 4. The Kier molecular flexibility index (Phi) is 5.40. The minimum atomic E-state index is 0.133. The van der Waals surface area contributed by atoms with Crippen molar-refractivity contribution in [3.05, 3.63) is 53.8 Å². The second-order valence-electron chi connectivity index (χ2n) is 6.21. The van der Waals surface area contributed by atoms with Crippen LogP contribution in [0.4, 0.5) is 0 Å². The molecular weight excluding hydrogens is 382 g/mol. The van der Waals surface area contributed by atoms with E-state index in [9.17, 15) is 4.79 Å². The van der Waals surface area contributed by atoms with E-state index < -0.39 is 0 Å². The van der Waals surface area contributed by atoms with E-state index in [0.29, 0.717) is 21.8 Å². The highest BCUT2D eigenvalue weighted by Gasteiger charge is 2.22. The van der Waals surface area contributed by atoms with Crippen LogP contribution in [0, 0.1) is 0 Å². The smallest absolute Gasteiger partial charge is 0.233 e. The summed E-state index contributed by atoms with van der Waals surface area (Å²) < 4.78 is 1.89. The zero-order chi connectivity index (χ0) is 18.6. The Balaban J connectivity index is 1.68. The number of nitrogens with zero attached hydrogens (tertiary/aromatic N) is 5. The molecule has 0 radical (unpaired) electrons. The van der Waals surface area contributed by atoms with E-state index in [-0.39, 0.29) is 5.91 Å². The van der Waals surface area contributed by atoms with Crippen LogP contribution >= 0.6 is 23.4 Å². The molecule has 0 N–H and O–H groups in total. The fraction of sp³-hybridized carbons (Fsp3) is 0.263. The van der Waals surface area contributed by atoms with Gasteiger partial charge in [-0.25, -0.2) is 0 Å². The summed E-state index contributed by atoms with van der Waals surface area (Å²) in [6.45, 7) is 1.69. The number of benzene rings is 1. The monoisotopic (exact) mass is 399 g/mol. The fourth-order valence-corrected chi connectivity index (χ4v) is 4.15. The minimum Gasteiger partial charge on any atom is -0.342 e. The fourth-order valence-electron chi connectivity index (χ4n) is 3.08. The van der Waals surface area contributed by atoms with Crippen molar-refractivity contribution >= 4 is 29.3 Å². The highest BCUT2D eigenvalue weighted by Crippen LogP contribution is 2.31. The highest BCUT2D eigenvalue weighted by atomic mass is 35.5. The van der Waals surface area contributed by atoms with Crippen LogP contribution < -0.4 is 0 Å². The van der Waals surface area contributed by atoms with Gasteiger partial charge in [0.2, 0.25) is 5.91 Å². The van der Waals surface area contributed by atoms with Gasteiger partial charge in [-0.05, 0) is 37.1 Å². The Morgan fingerprint density at radius 1 is 1.11 bits per heavy atom. The Labute approximate surface area is 166 Å². The average Bonchev–Trinajstić information content (AvgIpc) is 3.37. The number of pyridine rings is 1. The third-order valence-electron chi connectivity index (χ3n) is 4.43. The average molecular weight is 400 g/mol. The van der Waals surface area contributed by atoms with Crippen LogP contribution in [-0.2, 0) is 4.79 Å². The molecule has 1 fully saturated rings. The maximum Gasteiger partial charge on any atom is 0.233 e. The van der Waals surface area contributed by atoms with E-state index in [1.807, 2.05) is 45.9 Å². The number of rotatable bonds is 5. The van der Waals surface area contributed by atoms with Crippen LogP contribution in [0.2, 0.25) is 5.02 Å². The molecule has 0 unspecified atom stereocenters. The Hall–Kier alpha value is -2.38. The second-order valence-corrected chi connectivity index (χ2v) is 7.56. The summed E-state index contributed by atoms with van der Waals surface area (Å²) in [6, 6.07) is 11.3. The van der Waals surface area contributed by atoms with E-state index >= 15 is 0 Å². The molecule has 3 aromatic rings. The van der Waals surface area contributed by atoms with Gasteiger partial charge in [-0.2, -0.15) is 0 Å². The number of para-hydroxylation sites is 1. The summed E-state index contributed by atoms with van der Waals surface area (Å²) in [6.07, 6.45) is 5.61. The Morgan fingerprint density at radius 3 is 2.67 bits per heavy atom. The quantitative estimate of drug-likeness (QED) is 0.612. The second kappa shape index (κ2) is 8.10. The Morgan fingerprint density at radius 2 is 1.93 bits per heavy atom. The van der Waals surface area contributed by atoms with Gasteiger partial charge in [0, 0.05) is 31.0 Å². The zero-order valence-corrected chi connectivity index (χ0v) is 16.2. The highest BCUT2D eigenvalue weighted by molar-refractivity contribution is 7.99. The van der Waals surface area contributed by atoms with Gasteiger partial charge >= 0.3 is 0 Å². The van der Waals surface area contributed by atoms with E-state index in [4.69, 9.17) is 11.6 Å². The molecule has 27 heavy (non-hydrogen) atoms. The first-order valence-corrected chi connectivity index (χ1v) is 10.1. The molecule has 8 heteroatoms. The number of thioether (sulfide) groups is 1. The van der Waals surface area contributed by atoms with Crippen molar-refractivity contribution in [3.63, 3.8) is 0 Å². The van der Waals surface area contributed by atoms with Gasteiger partial charge in [-0.3, -0.25) is 14.3 Å². The van der Waals surface area contributed by atoms with Crippen molar-refractivity contribution in [3.8, 4) is 17.1 Å². The first kappa shape index (κ1) is 18.0. The summed E-state index contributed by atoms with van der Waals surface area (Å²) in [4.78, 5) is 18.5. The summed E-state index contributed by atoms with van der Waals surface area (Å²) >= 11 is 7.82. The van der Waals surface area contributed by atoms with Crippen molar-refractivity contribution in [2.75, 3.05) is 18.8 Å². The molecule has 3 heterocycles. The molecule has 0 bridgehead atoms. The molecule has 138 valence electrons. The van der Waals surface area contributed by atoms with E-state index in [0.717, 1.165) is 37.2 Å². The van der Waals surface area contributed by atoms with Crippen LogP contribution in [0.15, 0.2) is 53.9 Å². The van der Waals surface area contributed by atoms with Crippen molar-refractivity contribution < 1.29 is 4.79 Å². The third-order valence-corrected chi connectivity index (χ3v) is 5.66. The van der Waals surface area contributed by atoms with Gasteiger partial charge in [-0.1, -0.05) is 35.5 Å². The molecule has 1 aromatic carbocycles. The minimum absolute atomic E-state index is 0.133. The van der Waals surface area contributed by atoms with Gasteiger partial charge in [-0.15, -0.1) is 10.2 Å². The molecular formula is C19H18ClN5OS. The van der Waals surface area contributed by atoms with Crippen molar-refractivity contribution in [2.45, 2.75) is 18.0 Å². The van der Waals surface area contributed by atoms with Crippen LogP contribution in [0.1, 0.15) is 12.8 Å². The van der Waals surface area contributed by atoms with Gasteiger partial charge in [0.25, 0.3) is 0 Å². The van der Waals surface area contributed by atoms with Crippen LogP contribution in [0.3, 0.4) is 0 Å². The molecule has 2 aromatic heterocycles. The number of halogens is 1. The molecule has 0 aliphatic carbocycles. The van der Waals surface area contributed by atoms with Gasteiger partial charge in [0.05, 0.1) is 16.5 Å². The predicted octanol–water partition coefficient (Wildman–Crippen LogP) is 3.70. The van der Waals surface area contributed by atoms with Gasteiger partial charge in [0.15, 0.2) is 11.0 Å². The molecule has 1 aliphatic heterocycles. The number of likely N-dealkylation sites (tertiary alicyclic amines) is 1. The summed E-state index contributed by atoms with van der Waals surface area (Å²) in [5.41, 5.74) is 1.61. The van der Waals surface area contributed by atoms with Crippen LogP contribution in [0.5, 0.6) is 0 Å². The van der Waals surface area contributed by atoms with Crippen molar-refractivity contribution in [1.29, 1.82) is 0 Å². The summed E-state index contributed by atoms with van der Waals surface area (Å²) in [7, 11) is 0. The topological polar surface area (TPSA) is 63.9 Å². The maximum atomic E-state index is 12.4. The summed E-state index contributed by atoms with van der Waals surface area (Å²) in [5.74, 6) is 1.11. The van der Waals surface area contributed by atoms with Crippen molar-refractivity contribution in [2.24, 2.45) is 0 Å². The first-order chi connectivity index (χ1) is 13.2. The molecule has 1 saturated heterocycles. The zero-order valence-electron chi connectivity index (χ0n) is 14.6. The largest absolute Gasteiger partial charge is 0.342 e. The normalized spacial score (nSPS) is 13.9. The lowest BCUT2D eigenvalue weighted by Crippen LogP contribution is -2.29. The molecule has 1 amide bonds. The Bertz CT molecular complexity index is 940. The third kappa shape index (κ3) is 3.84. The van der Waals surface area contributed by atoms with Crippen LogP contribution in [-0.4, -0.2) is 49.4 Å². The molecule has 1 aliphatic rings. The van der Waals surface area contributed by atoms with Crippen LogP contribution in [0.25, 0.3) is 17.1 Å². The number of carbonyl (C=O) groups is 1. The standard InChI is InChI=1S/C19H18ClN5OS/c20-15-7-1-2-8-16(15)25-18(14-6-5-9-21-12-14)22-23-19(25)27-13-17(26)24-10-3-4-11-24/h1-2,5-9,12H,3-4,10-11,13H2. The number of hydrogen-bond acceptors (Lipinski definition) is 5. The molecule has 0 atom stereocenters. The van der Waals surface area contributed by atoms with E-state index in [1.54, 1.807) is 12.4 Å². The SMILES string of the molecule is O=C(CSc1nnc(-c2cccnc2)n1-c1ccccc1Cl)N1CCCC1. The lowest BCUT2D eigenvalue weighted by molar-refractivity contribution is -0.127. The van der Waals surface area contributed by atoms with E-state index in [1.165, 1.54) is 11.8 Å². The van der Waals surface area contributed by atoms with Gasteiger partial charge < -0.3 is 4.90 Å². The maximum absolute atomic E-state index is 12.4. The predicted molar refractivity (Wildman–Crippen MR) is 106 cm³/mol.